The standard InChI is InChI=1S/C23H29FN4O/c1-4-27-21-16(8-5-9-17(21)23(26)29)22(25)28-20-12-13(2)11-18(20)15-7-6-10-19(24)14(15)3/h4-5,8-10,13,18,20,27H,1,6-7,11-12H2,2-3H3,(H2,25,28)(H2,26,29)/t13-,18-,20+/m1/s1. The summed E-state index contributed by atoms with van der Waals surface area (Å²) >= 11 is 0. The second kappa shape index (κ2) is 8.64. The van der Waals surface area contributed by atoms with Crippen LogP contribution in [0.5, 0.6) is 0 Å². The average Bonchev–Trinajstić information content (AvgIpc) is 3.04. The fraction of sp³-hybridized carbons (Fsp3) is 0.391. The Labute approximate surface area is 171 Å². The number of allylic oxidation sites excluding steroid dienone is 3. The van der Waals surface area contributed by atoms with Gasteiger partial charge in [-0.2, -0.15) is 0 Å². The Morgan fingerprint density at radius 2 is 2.03 bits per heavy atom. The Kier molecular flexibility index (Phi) is 6.20. The molecule has 3 atom stereocenters. The van der Waals surface area contributed by atoms with Crippen LogP contribution in [-0.4, -0.2) is 17.8 Å². The molecule has 1 aromatic rings. The van der Waals surface area contributed by atoms with E-state index in [2.05, 4.69) is 18.8 Å². The lowest BCUT2D eigenvalue weighted by Gasteiger charge is -2.25. The highest BCUT2D eigenvalue weighted by Gasteiger charge is 2.36. The summed E-state index contributed by atoms with van der Waals surface area (Å²) in [7, 11) is 0. The molecule has 0 heterocycles. The molecule has 0 spiro atoms. The number of amides is 1. The Hall–Kier alpha value is -2.89. The highest BCUT2D eigenvalue weighted by molar-refractivity contribution is 6.09. The number of rotatable bonds is 6. The van der Waals surface area contributed by atoms with E-state index in [1.54, 1.807) is 24.3 Å². The van der Waals surface area contributed by atoms with E-state index in [9.17, 15) is 9.18 Å². The van der Waals surface area contributed by atoms with Gasteiger partial charge in [0.05, 0.1) is 17.3 Å². The molecule has 6 heteroatoms. The maximum Gasteiger partial charge on any atom is 0.250 e. The molecule has 1 saturated carbocycles. The number of para-hydroxylation sites is 1. The first kappa shape index (κ1) is 20.8. The van der Waals surface area contributed by atoms with Gasteiger partial charge in [-0.05, 0) is 68.5 Å². The second-order valence-electron chi connectivity index (χ2n) is 7.95. The molecule has 5 N–H and O–H groups in total. The van der Waals surface area contributed by atoms with Crippen molar-refractivity contribution in [1.29, 1.82) is 0 Å². The number of nitrogens with one attached hydrogen (secondary N) is 1. The van der Waals surface area contributed by atoms with Crippen molar-refractivity contribution >= 4 is 17.4 Å². The van der Waals surface area contributed by atoms with Gasteiger partial charge in [-0.15, -0.1) is 0 Å². The van der Waals surface area contributed by atoms with Gasteiger partial charge in [0.25, 0.3) is 5.91 Å². The normalized spacial score (nSPS) is 25.0. The molecule has 2 aliphatic carbocycles. The van der Waals surface area contributed by atoms with Gasteiger partial charge in [-0.25, -0.2) is 4.39 Å². The number of aliphatic imine (C=N–C) groups is 1. The SMILES string of the molecule is C=CNc1c(C(N)=O)cccc1C(N)=N[C@H]1C[C@H](C)C[C@@H]1C1=C(C)C(F)=CCC1. The van der Waals surface area contributed by atoms with Crippen LogP contribution in [0, 0.1) is 11.8 Å². The van der Waals surface area contributed by atoms with Gasteiger partial charge in [0.2, 0.25) is 0 Å². The van der Waals surface area contributed by atoms with Crippen LogP contribution in [0.25, 0.3) is 0 Å². The molecule has 5 nitrogen and oxygen atoms in total. The van der Waals surface area contributed by atoms with Crippen LogP contribution in [-0.2, 0) is 0 Å². The summed E-state index contributed by atoms with van der Waals surface area (Å²) < 4.78 is 14.2. The molecule has 0 unspecified atom stereocenters. The molecule has 3 rings (SSSR count). The third-order valence-corrected chi connectivity index (χ3v) is 5.95. The van der Waals surface area contributed by atoms with Gasteiger partial charge in [0, 0.05) is 11.5 Å². The van der Waals surface area contributed by atoms with Gasteiger partial charge < -0.3 is 16.8 Å². The third-order valence-electron chi connectivity index (χ3n) is 5.95. The van der Waals surface area contributed by atoms with Crippen molar-refractivity contribution in [1.82, 2.24) is 0 Å². The second-order valence-corrected chi connectivity index (χ2v) is 7.95. The molecule has 0 aromatic heterocycles. The average molecular weight is 397 g/mol. The summed E-state index contributed by atoms with van der Waals surface area (Å²) in [4.78, 5) is 16.7. The van der Waals surface area contributed by atoms with E-state index < -0.39 is 5.91 Å². The van der Waals surface area contributed by atoms with E-state index in [4.69, 9.17) is 16.5 Å². The number of nitrogens with two attached hydrogens (primary N) is 2. The Morgan fingerprint density at radius 3 is 2.72 bits per heavy atom. The first-order chi connectivity index (χ1) is 13.8. The fourth-order valence-electron chi connectivity index (χ4n) is 4.57. The molecule has 0 radical (unpaired) electrons. The molecule has 0 aliphatic heterocycles. The topological polar surface area (TPSA) is 93.5 Å². The molecule has 1 fully saturated rings. The monoisotopic (exact) mass is 396 g/mol. The Bertz CT molecular complexity index is 915. The molecule has 1 aromatic carbocycles. The van der Waals surface area contributed by atoms with E-state index in [-0.39, 0.29) is 17.8 Å². The molecular weight excluding hydrogens is 367 g/mol. The summed E-state index contributed by atoms with van der Waals surface area (Å²) in [6.07, 6.45) is 6.59. The maximum absolute atomic E-state index is 14.2. The Morgan fingerprint density at radius 1 is 1.31 bits per heavy atom. The number of hydrogen-bond acceptors (Lipinski definition) is 3. The zero-order valence-corrected chi connectivity index (χ0v) is 17.0. The Balaban J connectivity index is 1.99. The third kappa shape index (κ3) is 4.26. The summed E-state index contributed by atoms with van der Waals surface area (Å²) in [5.41, 5.74) is 15.2. The molecule has 1 amide bonds. The van der Waals surface area contributed by atoms with Crippen LogP contribution in [0.2, 0.25) is 0 Å². The van der Waals surface area contributed by atoms with Gasteiger partial charge in [-0.3, -0.25) is 9.79 Å². The number of nitrogens with zero attached hydrogens (tertiary/aromatic N) is 1. The predicted octanol–water partition coefficient (Wildman–Crippen LogP) is 4.42. The van der Waals surface area contributed by atoms with Crippen molar-refractivity contribution in [3.05, 3.63) is 65.2 Å². The largest absolute Gasteiger partial charge is 0.383 e. The number of amidine groups is 1. The minimum atomic E-state index is -0.554. The van der Waals surface area contributed by atoms with Gasteiger partial charge >= 0.3 is 0 Å². The first-order valence-electron chi connectivity index (χ1n) is 10.0. The predicted molar refractivity (Wildman–Crippen MR) is 116 cm³/mol. The number of anilines is 1. The van der Waals surface area contributed by atoms with Crippen LogP contribution in [0.1, 0.15) is 55.5 Å². The van der Waals surface area contributed by atoms with Crippen molar-refractivity contribution in [2.45, 2.75) is 45.6 Å². The number of benzene rings is 1. The summed E-state index contributed by atoms with van der Waals surface area (Å²) in [5, 5.41) is 2.96. The summed E-state index contributed by atoms with van der Waals surface area (Å²) in [5.74, 6) is 0.332. The lowest BCUT2D eigenvalue weighted by molar-refractivity contribution is 0.100. The minimum absolute atomic E-state index is 0.0188. The van der Waals surface area contributed by atoms with Crippen molar-refractivity contribution in [2.75, 3.05) is 5.32 Å². The number of primary amides is 1. The highest BCUT2D eigenvalue weighted by Crippen LogP contribution is 2.43. The molecule has 2 aliphatic rings. The van der Waals surface area contributed by atoms with E-state index >= 15 is 0 Å². The maximum atomic E-state index is 14.2. The van der Waals surface area contributed by atoms with Crippen molar-refractivity contribution in [2.24, 2.45) is 28.3 Å². The van der Waals surface area contributed by atoms with Crippen LogP contribution in [0.15, 0.2) is 59.0 Å². The van der Waals surface area contributed by atoms with Crippen LogP contribution in [0.4, 0.5) is 10.1 Å². The van der Waals surface area contributed by atoms with Crippen molar-refractivity contribution < 1.29 is 9.18 Å². The molecule has 0 bridgehead atoms. The lowest BCUT2D eigenvalue weighted by atomic mass is 9.84. The number of halogens is 1. The van der Waals surface area contributed by atoms with E-state index in [1.165, 1.54) is 6.20 Å². The van der Waals surface area contributed by atoms with Crippen LogP contribution < -0.4 is 16.8 Å². The highest BCUT2D eigenvalue weighted by atomic mass is 19.1. The fourth-order valence-corrected chi connectivity index (χ4v) is 4.57. The molecule has 0 saturated heterocycles. The minimum Gasteiger partial charge on any atom is -0.383 e. The number of carbonyl (C=O) groups is 1. The van der Waals surface area contributed by atoms with Crippen LogP contribution in [0.3, 0.4) is 0 Å². The number of carbonyl (C=O) groups excluding carboxylic acids is 1. The van der Waals surface area contributed by atoms with Crippen molar-refractivity contribution in [3.8, 4) is 0 Å². The first-order valence-corrected chi connectivity index (χ1v) is 10.0. The lowest BCUT2D eigenvalue weighted by Crippen LogP contribution is -2.24. The summed E-state index contributed by atoms with van der Waals surface area (Å²) in [6.45, 7) is 7.72. The van der Waals surface area contributed by atoms with Gasteiger partial charge in [-0.1, -0.05) is 25.1 Å². The zero-order valence-electron chi connectivity index (χ0n) is 17.0. The smallest absolute Gasteiger partial charge is 0.250 e. The number of hydrogen-bond donors (Lipinski definition) is 3. The quantitative estimate of drug-likeness (QED) is 0.491. The van der Waals surface area contributed by atoms with E-state index in [0.29, 0.717) is 28.6 Å². The molecule has 154 valence electrons. The van der Waals surface area contributed by atoms with Gasteiger partial charge in [0.15, 0.2) is 0 Å². The van der Waals surface area contributed by atoms with Crippen LogP contribution >= 0.6 is 0 Å². The summed E-state index contributed by atoms with van der Waals surface area (Å²) in [6, 6.07) is 5.15. The van der Waals surface area contributed by atoms with Crippen molar-refractivity contribution in [3.63, 3.8) is 0 Å². The van der Waals surface area contributed by atoms with E-state index in [1.807, 2.05) is 6.92 Å². The van der Waals surface area contributed by atoms with Gasteiger partial charge in [0.1, 0.15) is 11.7 Å². The molecule has 29 heavy (non-hydrogen) atoms. The van der Waals surface area contributed by atoms with E-state index in [0.717, 1.165) is 36.8 Å². The zero-order chi connectivity index (χ0) is 21.1. The molecular formula is C23H29FN4O.